The molecule has 5 heteroatoms. The third-order valence-corrected chi connectivity index (χ3v) is 3.15. The van der Waals surface area contributed by atoms with E-state index in [9.17, 15) is 4.79 Å². The molecular formula is C13H13N3O2. The average molecular weight is 243 g/mol. The molecule has 0 radical (unpaired) electrons. The van der Waals surface area contributed by atoms with Crippen LogP contribution in [0.5, 0.6) is 0 Å². The zero-order valence-electron chi connectivity index (χ0n) is 10.1. The number of hydrogen-bond acceptors (Lipinski definition) is 4. The summed E-state index contributed by atoms with van der Waals surface area (Å²) in [5, 5.41) is 7.04. The van der Waals surface area contributed by atoms with Gasteiger partial charge in [0.2, 0.25) is 0 Å². The Morgan fingerprint density at radius 3 is 3.22 bits per heavy atom. The maximum atomic E-state index is 11.8. The summed E-state index contributed by atoms with van der Waals surface area (Å²) in [7, 11) is 0. The van der Waals surface area contributed by atoms with E-state index in [0.717, 1.165) is 29.7 Å². The second-order valence-corrected chi connectivity index (χ2v) is 4.18. The van der Waals surface area contributed by atoms with Crippen LogP contribution in [0.25, 0.3) is 11.3 Å². The minimum absolute atomic E-state index is 0.330. The molecule has 1 aliphatic rings. The molecular weight excluding hydrogens is 230 g/mol. The van der Waals surface area contributed by atoms with Crippen molar-refractivity contribution < 1.29 is 9.53 Å². The third-order valence-electron chi connectivity index (χ3n) is 3.15. The van der Waals surface area contributed by atoms with Gasteiger partial charge in [-0.05, 0) is 31.4 Å². The summed E-state index contributed by atoms with van der Waals surface area (Å²) in [5.41, 5.74) is 4.51. The number of ether oxygens (including phenoxy) is 1. The number of aromatic amines is 1. The molecule has 3 rings (SSSR count). The molecule has 0 fully saturated rings. The lowest BCUT2D eigenvalue weighted by Crippen LogP contribution is -2.10. The zero-order valence-corrected chi connectivity index (χ0v) is 10.1. The minimum atomic E-state index is -0.330. The molecule has 0 atom stereocenters. The lowest BCUT2D eigenvalue weighted by Gasteiger charge is -2.14. The summed E-state index contributed by atoms with van der Waals surface area (Å²) in [4.78, 5) is 15.9. The van der Waals surface area contributed by atoms with E-state index in [1.54, 1.807) is 13.1 Å². The highest BCUT2D eigenvalue weighted by atomic mass is 16.5. The number of esters is 1. The fourth-order valence-electron chi connectivity index (χ4n) is 2.32. The second kappa shape index (κ2) is 4.25. The van der Waals surface area contributed by atoms with Gasteiger partial charge in [0.1, 0.15) is 5.69 Å². The number of hydrogen-bond donors (Lipinski definition) is 1. The number of aromatic nitrogens is 3. The number of nitrogens with one attached hydrogen (secondary N) is 1. The van der Waals surface area contributed by atoms with Crippen LogP contribution >= 0.6 is 0 Å². The van der Waals surface area contributed by atoms with Crippen molar-refractivity contribution >= 4 is 5.97 Å². The predicted molar refractivity (Wildman–Crippen MR) is 65.2 cm³/mol. The lowest BCUT2D eigenvalue weighted by molar-refractivity contribution is 0.0518. The minimum Gasteiger partial charge on any atom is -0.461 e. The van der Waals surface area contributed by atoms with Crippen LogP contribution in [-0.4, -0.2) is 27.8 Å². The van der Waals surface area contributed by atoms with Gasteiger partial charge < -0.3 is 4.74 Å². The Morgan fingerprint density at radius 2 is 2.39 bits per heavy atom. The van der Waals surface area contributed by atoms with Crippen molar-refractivity contribution in [3.05, 3.63) is 35.3 Å². The van der Waals surface area contributed by atoms with Gasteiger partial charge >= 0.3 is 5.97 Å². The van der Waals surface area contributed by atoms with Gasteiger partial charge in [-0.25, -0.2) is 4.79 Å². The number of fused-ring (bicyclic) bond motifs is 3. The van der Waals surface area contributed by atoms with E-state index in [1.165, 1.54) is 5.56 Å². The number of pyridine rings is 1. The van der Waals surface area contributed by atoms with Gasteiger partial charge in [0.05, 0.1) is 12.3 Å². The summed E-state index contributed by atoms with van der Waals surface area (Å²) in [6, 6.07) is 1.93. The Morgan fingerprint density at radius 1 is 1.50 bits per heavy atom. The van der Waals surface area contributed by atoms with Crippen molar-refractivity contribution in [1.82, 2.24) is 15.2 Å². The summed E-state index contributed by atoms with van der Waals surface area (Å²) in [6.45, 7) is 2.16. The highest BCUT2D eigenvalue weighted by Crippen LogP contribution is 2.32. The van der Waals surface area contributed by atoms with Crippen LogP contribution in [0.1, 0.15) is 28.5 Å². The van der Waals surface area contributed by atoms with Crippen molar-refractivity contribution in [2.45, 2.75) is 19.8 Å². The van der Waals surface area contributed by atoms with Crippen LogP contribution in [0.2, 0.25) is 0 Å². The van der Waals surface area contributed by atoms with Crippen molar-refractivity contribution in [2.75, 3.05) is 6.61 Å². The number of H-pyrrole nitrogens is 1. The highest BCUT2D eigenvalue weighted by molar-refractivity contribution is 5.91. The van der Waals surface area contributed by atoms with Gasteiger partial charge in [0, 0.05) is 23.5 Å². The van der Waals surface area contributed by atoms with Gasteiger partial charge in [-0.3, -0.25) is 10.1 Å². The molecule has 0 aromatic carbocycles. The summed E-state index contributed by atoms with van der Waals surface area (Å²) in [6.07, 6.45) is 5.27. The normalized spacial score (nSPS) is 12.7. The van der Waals surface area contributed by atoms with Gasteiger partial charge in [-0.2, -0.15) is 5.10 Å². The first-order chi connectivity index (χ1) is 8.81. The first-order valence-corrected chi connectivity index (χ1v) is 5.99. The standard InChI is InChI=1S/C13H13N3O2/c1-2-18-13(17)12-10-4-3-8-7-14-6-5-9(8)11(10)15-16-12/h5-7H,2-4H2,1H3,(H,15,16). The molecule has 5 nitrogen and oxygen atoms in total. The van der Waals surface area contributed by atoms with E-state index in [4.69, 9.17) is 4.74 Å². The van der Waals surface area contributed by atoms with E-state index in [1.807, 2.05) is 12.3 Å². The molecule has 0 unspecified atom stereocenters. The Kier molecular flexibility index (Phi) is 2.59. The molecule has 0 spiro atoms. The Hall–Kier alpha value is -2.17. The molecule has 2 heterocycles. The SMILES string of the molecule is CCOC(=O)c1[nH]nc2c1CCc1cnccc1-2. The van der Waals surface area contributed by atoms with Crippen LogP contribution in [0.15, 0.2) is 18.5 Å². The number of nitrogens with zero attached hydrogens (tertiary/aromatic N) is 2. The van der Waals surface area contributed by atoms with E-state index in [2.05, 4.69) is 15.2 Å². The van der Waals surface area contributed by atoms with Crippen LogP contribution in [0.4, 0.5) is 0 Å². The predicted octanol–water partition coefficient (Wildman–Crippen LogP) is 1.75. The largest absolute Gasteiger partial charge is 0.461 e. The lowest BCUT2D eigenvalue weighted by atomic mass is 9.90. The first-order valence-electron chi connectivity index (χ1n) is 5.99. The fourth-order valence-corrected chi connectivity index (χ4v) is 2.32. The van der Waals surface area contributed by atoms with Gasteiger partial charge in [-0.15, -0.1) is 0 Å². The highest BCUT2D eigenvalue weighted by Gasteiger charge is 2.25. The topological polar surface area (TPSA) is 67.9 Å². The fraction of sp³-hybridized carbons (Fsp3) is 0.308. The summed E-state index contributed by atoms with van der Waals surface area (Å²) in [5.74, 6) is -0.330. The summed E-state index contributed by atoms with van der Waals surface area (Å²) >= 11 is 0. The molecule has 0 amide bonds. The molecule has 0 bridgehead atoms. The Balaban J connectivity index is 2.07. The summed E-state index contributed by atoms with van der Waals surface area (Å²) < 4.78 is 5.02. The van der Waals surface area contributed by atoms with Gasteiger partial charge in [-0.1, -0.05) is 0 Å². The number of rotatable bonds is 2. The first kappa shape index (κ1) is 11.0. The Labute approximate surface area is 104 Å². The van der Waals surface area contributed by atoms with Crippen LogP contribution in [-0.2, 0) is 17.6 Å². The van der Waals surface area contributed by atoms with E-state index in [-0.39, 0.29) is 5.97 Å². The monoisotopic (exact) mass is 243 g/mol. The maximum absolute atomic E-state index is 11.8. The van der Waals surface area contributed by atoms with Crippen molar-refractivity contribution in [3.8, 4) is 11.3 Å². The molecule has 0 aliphatic heterocycles. The molecule has 0 saturated carbocycles. The van der Waals surface area contributed by atoms with E-state index < -0.39 is 0 Å². The number of carbonyl (C=O) groups is 1. The molecule has 0 saturated heterocycles. The van der Waals surface area contributed by atoms with E-state index in [0.29, 0.717) is 12.3 Å². The maximum Gasteiger partial charge on any atom is 0.356 e. The Bertz CT molecular complexity index is 604. The zero-order chi connectivity index (χ0) is 12.5. The molecule has 1 aliphatic carbocycles. The molecule has 18 heavy (non-hydrogen) atoms. The van der Waals surface area contributed by atoms with E-state index >= 15 is 0 Å². The smallest absolute Gasteiger partial charge is 0.356 e. The molecule has 2 aromatic heterocycles. The third kappa shape index (κ3) is 1.59. The molecule has 1 N–H and O–H groups in total. The van der Waals surface area contributed by atoms with Crippen LogP contribution < -0.4 is 0 Å². The molecule has 2 aromatic rings. The van der Waals surface area contributed by atoms with Gasteiger partial charge in [0.15, 0.2) is 0 Å². The molecule has 92 valence electrons. The second-order valence-electron chi connectivity index (χ2n) is 4.18. The number of carbonyl (C=O) groups excluding carboxylic acids is 1. The van der Waals surface area contributed by atoms with Crippen molar-refractivity contribution in [1.29, 1.82) is 0 Å². The van der Waals surface area contributed by atoms with Crippen molar-refractivity contribution in [3.63, 3.8) is 0 Å². The van der Waals surface area contributed by atoms with Gasteiger partial charge in [0.25, 0.3) is 0 Å². The van der Waals surface area contributed by atoms with Crippen molar-refractivity contribution in [2.24, 2.45) is 0 Å². The number of aryl methyl sites for hydroxylation is 1. The van der Waals surface area contributed by atoms with Crippen LogP contribution in [0, 0.1) is 0 Å². The quantitative estimate of drug-likeness (QED) is 0.816. The van der Waals surface area contributed by atoms with Crippen LogP contribution in [0.3, 0.4) is 0 Å². The average Bonchev–Trinajstić information content (AvgIpc) is 2.83.